The molecule has 1 fully saturated rings. The molecule has 0 saturated carbocycles. The van der Waals surface area contributed by atoms with Crippen molar-refractivity contribution in [1.29, 1.82) is 0 Å². The lowest BCUT2D eigenvalue weighted by atomic mass is 10.2. The Labute approximate surface area is 153 Å². The standard InChI is InChI=1S/C20H23N3O3/c1-26-18-9-7-15(8-10-18)14-21-20(25)22-17-6-4-5-16(13-17)19(24)23-11-2-3-12-23/h4-10,13H,2-3,11-12,14H2,1H3,(H2,21,22,25). The number of hydrogen-bond donors (Lipinski definition) is 2. The maximum atomic E-state index is 12.4. The summed E-state index contributed by atoms with van der Waals surface area (Å²) in [7, 11) is 1.61. The normalized spacial score (nSPS) is 13.3. The minimum absolute atomic E-state index is 0.0183. The van der Waals surface area contributed by atoms with Crippen LogP contribution in [0.25, 0.3) is 0 Å². The zero-order valence-corrected chi connectivity index (χ0v) is 14.8. The fourth-order valence-electron chi connectivity index (χ4n) is 2.93. The zero-order chi connectivity index (χ0) is 18.4. The lowest BCUT2D eigenvalue weighted by Crippen LogP contribution is -2.29. The van der Waals surface area contributed by atoms with E-state index in [1.54, 1.807) is 31.4 Å². The molecule has 2 N–H and O–H groups in total. The molecule has 6 nitrogen and oxygen atoms in total. The van der Waals surface area contributed by atoms with E-state index < -0.39 is 0 Å². The van der Waals surface area contributed by atoms with Gasteiger partial charge in [0.05, 0.1) is 7.11 Å². The van der Waals surface area contributed by atoms with E-state index in [0.717, 1.165) is 37.2 Å². The average Bonchev–Trinajstić information content (AvgIpc) is 3.21. The van der Waals surface area contributed by atoms with Gasteiger partial charge in [-0.1, -0.05) is 18.2 Å². The second-order valence-electron chi connectivity index (χ2n) is 6.24. The molecule has 2 aromatic carbocycles. The third-order valence-corrected chi connectivity index (χ3v) is 4.37. The van der Waals surface area contributed by atoms with Crippen molar-refractivity contribution in [3.05, 3.63) is 59.7 Å². The Kier molecular flexibility index (Phi) is 5.73. The third kappa shape index (κ3) is 4.53. The van der Waals surface area contributed by atoms with Crippen LogP contribution in [0.3, 0.4) is 0 Å². The van der Waals surface area contributed by atoms with E-state index in [1.165, 1.54) is 0 Å². The number of likely N-dealkylation sites (tertiary alicyclic amines) is 1. The Morgan fingerprint density at radius 2 is 1.81 bits per heavy atom. The summed E-state index contributed by atoms with van der Waals surface area (Å²) in [5.74, 6) is 0.794. The summed E-state index contributed by atoms with van der Waals surface area (Å²) in [5.41, 5.74) is 2.17. The van der Waals surface area contributed by atoms with Crippen LogP contribution in [-0.2, 0) is 6.54 Å². The van der Waals surface area contributed by atoms with Crippen molar-refractivity contribution >= 4 is 17.6 Å². The van der Waals surface area contributed by atoms with E-state index in [9.17, 15) is 9.59 Å². The van der Waals surface area contributed by atoms with Gasteiger partial charge in [0.1, 0.15) is 5.75 Å². The van der Waals surface area contributed by atoms with Crippen LogP contribution < -0.4 is 15.4 Å². The number of anilines is 1. The molecule has 0 aliphatic carbocycles. The fourth-order valence-corrected chi connectivity index (χ4v) is 2.93. The van der Waals surface area contributed by atoms with Crippen LogP contribution in [-0.4, -0.2) is 37.0 Å². The molecule has 1 aliphatic heterocycles. The van der Waals surface area contributed by atoms with Crippen molar-refractivity contribution in [3.8, 4) is 5.75 Å². The first-order valence-corrected chi connectivity index (χ1v) is 8.73. The quantitative estimate of drug-likeness (QED) is 0.867. The van der Waals surface area contributed by atoms with Gasteiger partial charge in [0.25, 0.3) is 5.91 Å². The first-order valence-electron chi connectivity index (χ1n) is 8.73. The van der Waals surface area contributed by atoms with Crippen molar-refractivity contribution in [2.75, 3.05) is 25.5 Å². The number of nitrogens with one attached hydrogen (secondary N) is 2. The third-order valence-electron chi connectivity index (χ3n) is 4.37. The van der Waals surface area contributed by atoms with Gasteiger partial charge < -0.3 is 20.3 Å². The van der Waals surface area contributed by atoms with Gasteiger partial charge >= 0.3 is 6.03 Å². The van der Waals surface area contributed by atoms with Gasteiger partial charge in [-0.25, -0.2) is 4.79 Å². The molecule has 136 valence electrons. The van der Waals surface area contributed by atoms with Crippen molar-refractivity contribution < 1.29 is 14.3 Å². The van der Waals surface area contributed by atoms with Crippen LogP contribution in [0.4, 0.5) is 10.5 Å². The van der Waals surface area contributed by atoms with Crippen LogP contribution in [0.2, 0.25) is 0 Å². The number of urea groups is 1. The number of nitrogens with zero attached hydrogens (tertiary/aromatic N) is 1. The molecule has 2 aromatic rings. The van der Waals surface area contributed by atoms with Crippen molar-refractivity contribution in [1.82, 2.24) is 10.2 Å². The molecule has 3 rings (SSSR count). The number of rotatable bonds is 5. The number of carbonyl (C=O) groups is 2. The Morgan fingerprint density at radius 1 is 1.08 bits per heavy atom. The number of amides is 3. The van der Waals surface area contributed by atoms with Crippen molar-refractivity contribution in [2.24, 2.45) is 0 Å². The second-order valence-corrected chi connectivity index (χ2v) is 6.24. The van der Waals surface area contributed by atoms with E-state index in [1.807, 2.05) is 29.2 Å². The molecule has 0 atom stereocenters. The average molecular weight is 353 g/mol. The highest BCUT2D eigenvalue weighted by molar-refractivity contribution is 5.97. The largest absolute Gasteiger partial charge is 0.497 e. The number of benzene rings is 2. The number of ether oxygens (including phenoxy) is 1. The summed E-state index contributed by atoms with van der Waals surface area (Å²) in [4.78, 5) is 26.4. The molecule has 0 unspecified atom stereocenters. The van der Waals surface area contributed by atoms with Crippen LogP contribution in [0.1, 0.15) is 28.8 Å². The lowest BCUT2D eigenvalue weighted by molar-refractivity contribution is 0.0793. The van der Waals surface area contributed by atoms with Crippen LogP contribution >= 0.6 is 0 Å². The van der Waals surface area contributed by atoms with Crippen LogP contribution in [0.5, 0.6) is 5.75 Å². The Morgan fingerprint density at radius 3 is 2.50 bits per heavy atom. The summed E-state index contributed by atoms with van der Waals surface area (Å²) in [6.07, 6.45) is 2.11. The molecule has 3 amide bonds. The van der Waals surface area contributed by atoms with Crippen LogP contribution in [0, 0.1) is 0 Å². The summed E-state index contributed by atoms with van der Waals surface area (Å²) in [6, 6.07) is 14.2. The Balaban J connectivity index is 1.55. The van der Waals surface area contributed by atoms with E-state index in [2.05, 4.69) is 10.6 Å². The minimum atomic E-state index is -0.313. The molecule has 1 saturated heterocycles. The second kappa shape index (κ2) is 8.38. The lowest BCUT2D eigenvalue weighted by Gasteiger charge is -2.16. The molecule has 26 heavy (non-hydrogen) atoms. The molecule has 1 aliphatic rings. The Bertz CT molecular complexity index is 768. The fraction of sp³-hybridized carbons (Fsp3) is 0.300. The van der Waals surface area contributed by atoms with Crippen molar-refractivity contribution in [3.63, 3.8) is 0 Å². The highest BCUT2D eigenvalue weighted by Gasteiger charge is 2.19. The van der Waals surface area contributed by atoms with Gasteiger partial charge in [-0.2, -0.15) is 0 Å². The monoisotopic (exact) mass is 353 g/mol. The molecule has 1 heterocycles. The summed E-state index contributed by atoms with van der Waals surface area (Å²) in [5, 5.41) is 5.58. The van der Waals surface area contributed by atoms with Gasteiger partial charge in [0.15, 0.2) is 0 Å². The molecular weight excluding hydrogens is 330 g/mol. The molecule has 0 radical (unpaired) electrons. The number of methoxy groups -OCH3 is 1. The van der Waals surface area contributed by atoms with Gasteiger partial charge in [-0.15, -0.1) is 0 Å². The highest BCUT2D eigenvalue weighted by atomic mass is 16.5. The highest BCUT2D eigenvalue weighted by Crippen LogP contribution is 2.16. The maximum Gasteiger partial charge on any atom is 0.319 e. The van der Waals surface area contributed by atoms with E-state index >= 15 is 0 Å². The van der Waals surface area contributed by atoms with E-state index in [4.69, 9.17) is 4.74 Å². The topological polar surface area (TPSA) is 70.7 Å². The Hall–Kier alpha value is -3.02. The van der Waals surface area contributed by atoms with E-state index in [-0.39, 0.29) is 11.9 Å². The molecular formula is C20H23N3O3. The minimum Gasteiger partial charge on any atom is -0.497 e. The number of carbonyl (C=O) groups excluding carboxylic acids is 2. The SMILES string of the molecule is COc1ccc(CNC(=O)Nc2cccc(C(=O)N3CCCC3)c2)cc1. The summed E-state index contributed by atoms with van der Waals surface area (Å²) < 4.78 is 5.11. The first-order chi connectivity index (χ1) is 12.7. The molecule has 0 spiro atoms. The summed E-state index contributed by atoms with van der Waals surface area (Å²) >= 11 is 0. The maximum absolute atomic E-state index is 12.4. The van der Waals surface area contributed by atoms with Crippen molar-refractivity contribution in [2.45, 2.75) is 19.4 Å². The first kappa shape index (κ1) is 17.8. The van der Waals surface area contributed by atoms with Gasteiger partial charge in [0, 0.05) is 30.9 Å². The smallest absolute Gasteiger partial charge is 0.319 e. The van der Waals surface area contributed by atoms with Crippen LogP contribution in [0.15, 0.2) is 48.5 Å². The van der Waals surface area contributed by atoms with Gasteiger partial charge in [-0.3, -0.25) is 4.79 Å². The van der Waals surface area contributed by atoms with Gasteiger partial charge in [-0.05, 0) is 48.7 Å². The zero-order valence-electron chi connectivity index (χ0n) is 14.8. The molecule has 6 heteroatoms. The summed E-state index contributed by atoms with van der Waals surface area (Å²) in [6.45, 7) is 2.01. The van der Waals surface area contributed by atoms with Gasteiger partial charge in [0.2, 0.25) is 0 Å². The molecule has 0 aromatic heterocycles. The predicted molar refractivity (Wildman–Crippen MR) is 100 cm³/mol. The van der Waals surface area contributed by atoms with E-state index in [0.29, 0.717) is 17.8 Å². The number of hydrogen-bond acceptors (Lipinski definition) is 3. The predicted octanol–water partition coefficient (Wildman–Crippen LogP) is 3.25. The molecule has 0 bridgehead atoms.